The molecule has 0 saturated heterocycles. The van der Waals surface area contributed by atoms with Crippen molar-refractivity contribution in [2.24, 2.45) is 10.9 Å². The Morgan fingerprint density at radius 1 is 1.07 bits per heavy atom. The number of carboxylic acid groups (broad SMARTS) is 1. The maximum atomic E-state index is 13.3. The van der Waals surface area contributed by atoms with Gasteiger partial charge in [0.1, 0.15) is 6.10 Å². The van der Waals surface area contributed by atoms with Crippen molar-refractivity contribution in [3.63, 3.8) is 0 Å². The number of aliphatic carboxylic acids is 1. The number of nitrogens with two attached hydrogens (primary N) is 1. The summed E-state index contributed by atoms with van der Waals surface area (Å²) in [6, 6.07) is 14.8. The van der Waals surface area contributed by atoms with Crippen LogP contribution in [0.5, 0.6) is 11.5 Å². The second-order valence-electron chi connectivity index (χ2n) is 9.47. The van der Waals surface area contributed by atoms with Gasteiger partial charge < -0.3 is 46.4 Å². The minimum atomic E-state index is -1.21. The molecule has 3 aromatic rings. The van der Waals surface area contributed by atoms with Gasteiger partial charge in [0.25, 0.3) is 5.91 Å². The molecule has 0 aliphatic heterocycles. The van der Waals surface area contributed by atoms with Gasteiger partial charge in [-0.3, -0.25) is 4.79 Å². The van der Waals surface area contributed by atoms with Crippen molar-refractivity contribution in [3.05, 3.63) is 82.4 Å². The average molecular weight is 567 g/mol. The fourth-order valence-electron chi connectivity index (χ4n) is 3.92. The lowest BCUT2D eigenvalue weighted by atomic mass is 10.0. The molecule has 1 amide bonds. The number of anilines is 2. The van der Waals surface area contributed by atoms with Gasteiger partial charge in [-0.2, -0.15) is 0 Å². The zero-order chi connectivity index (χ0) is 30.1. The number of hydrogen-bond acceptors (Lipinski definition) is 9. The first kappa shape index (κ1) is 30.7. The zero-order valence-corrected chi connectivity index (χ0v) is 22.9. The Hall–Kier alpha value is -4.81. The van der Waals surface area contributed by atoms with E-state index in [1.54, 1.807) is 56.3 Å². The molecule has 0 saturated carbocycles. The van der Waals surface area contributed by atoms with Crippen LogP contribution in [0.25, 0.3) is 0 Å². The van der Waals surface area contributed by atoms with Crippen LogP contribution >= 0.6 is 0 Å². The van der Waals surface area contributed by atoms with Crippen molar-refractivity contribution < 1.29 is 39.6 Å². The maximum absolute atomic E-state index is 13.3. The van der Waals surface area contributed by atoms with Crippen LogP contribution in [0.2, 0.25) is 0 Å². The molecule has 1 atom stereocenters. The van der Waals surface area contributed by atoms with Crippen molar-refractivity contribution in [3.8, 4) is 11.5 Å². The van der Waals surface area contributed by atoms with Gasteiger partial charge in [-0.15, -0.1) is 0 Å². The molecule has 0 heterocycles. The second kappa shape index (κ2) is 14.0. The Balaban J connectivity index is 1.93. The van der Waals surface area contributed by atoms with Crippen LogP contribution in [-0.2, 0) is 11.3 Å². The third kappa shape index (κ3) is 8.34. The number of amides is 1. The largest absolute Gasteiger partial charge is 0.487 e. The molecule has 12 nitrogen and oxygen atoms in total. The third-order valence-electron chi connectivity index (χ3n) is 5.85. The van der Waals surface area contributed by atoms with Crippen LogP contribution < -0.4 is 25.8 Å². The number of hydrogen-bond donors (Lipinski definition) is 7. The molecule has 8 N–H and O–H groups in total. The van der Waals surface area contributed by atoms with Gasteiger partial charge in [-0.25, -0.2) is 4.79 Å². The van der Waals surface area contributed by atoms with E-state index < -0.39 is 31.2 Å². The normalized spacial score (nSPS) is 12.1. The minimum absolute atomic E-state index is 0.0581. The summed E-state index contributed by atoms with van der Waals surface area (Å²) >= 11 is 0. The Morgan fingerprint density at radius 2 is 1.78 bits per heavy atom. The molecule has 0 radical (unpaired) electrons. The predicted molar refractivity (Wildman–Crippen MR) is 153 cm³/mol. The van der Waals surface area contributed by atoms with E-state index in [0.29, 0.717) is 33.6 Å². The van der Waals surface area contributed by atoms with E-state index in [9.17, 15) is 24.9 Å². The second-order valence-corrected chi connectivity index (χ2v) is 9.47. The van der Waals surface area contributed by atoms with Crippen LogP contribution in [0.3, 0.4) is 0 Å². The number of carbonyl (C=O) groups excluding carboxylic acids is 1. The highest BCUT2D eigenvalue weighted by atomic mass is 16.5. The van der Waals surface area contributed by atoms with Gasteiger partial charge in [-0.05, 0) is 74.9 Å². The van der Waals surface area contributed by atoms with Gasteiger partial charge >= 0.3 is 5.97 Å². The molecule has 0 fully saturated rings. The van der Waals surface area contributed by atoms with Gasteiger partial charge in [0, 0.05) is 29.0 Å². The van der Waals surface area contributed by atoms with Gasteiger partial charge in [0.2, 0.25) is 0 Å². The molecule has 0 unspecified atom stereocenters. The lowest BCUT2D eigenvalue weighted by Gasteiger charge is -2.21. The number of rotatable bonds is 13. The topological polar surface area (TPSA) is 196 Å². The van der Waals surface area contributed by atoms with Crippen molar-refractivity contribution in [1.29, 1.82) is 0 Å². The maximum Gasteiger partial charge on any atom is 0.341 e. The highest BCUT2D eigenvalue weighted by Crippen LogP contribution is 2.36. The molecule has 3 aromatic carbocycles. The van der Waals surface area contributed by atoms with E-state index in [2.05, 4.69) is 15.8 Å². The van der Waals surface area contributed by atoms with Crippen molar-refractivity contribution in [1.82, 2.24) is 0 Å². The summed E-state index contributed by atoms with van der Waals surface area (Å²) in [6.45, 7) is 4.32. The summed E-state index contributed by atoms with van der Waals surface area (Å²) in [4.78, 5) is 24.5. The Kier molecular flexibility index (Phi) is 10.5. The number of carbonyl (C=O) groups is 2. The number of carboxylic acids is 1. The first-order valence-corrected chi connectivity index (χ1v) is 12.7. The van der Waals surface area contributed by atoms with Gasteiger partial charge in [0.05, 0.1) is 18.3 Å². The molecule has 12 heteroatoms. The summed E-state index contributed by atoms with van der Waals surface area (Å²) in [7, 11) is 0. The van der Waals surface area contributed by atoms with Crippen molar-refractivity contribution >= 4 is 29.1 Å². The number of aryl methyl sites for hydroxylation is 1. The molecule has 0 aliphatic carbocycles. The van der Waals surface area contributed by atoms with Crippen LogP contribution in [0.4, 0.5) is 11.4 Å². The number of nitrogens with one attached hydrogen (secondary N) is 2. The Morgan fingerprint density at radius 3 is 2.39 bits per heavy atom. The highest BCUT2D eigenvalue weighted by Gasteiger charge is 2.20. The molecule has 3 rings (SSSR count). The quantitative estimate of drug-likeness (QED) is 0.0698. The smallest absolute Gasteiger partial charge is 0.341 e. The molecular weight excluding hydrogens is 532 g/mol. The van der Waals surface area contributed by atoms with Crippen LogP contribution in [0, 0.1) is 6.92 Å². The van der Waals surface area contributed by atoms with Gasteiger partial charge in [-0.1, -0.05) is 16.8 Å². The first-order valence-electron chi connectivity index (χ1n) is 12.7. The molecule has 0 aromatic heterocycles. The number of nitrogens with zero attached hydrogens (tertiary/aromatic N) is 1. The van der Waals surface area contributed by atoms with Gasteiger partial charge in [0.15, 0.2) is 23.9 Å². The lowest BCUT2D eigenvalue weighted by molar-refractivity contribution is -0.139. The SMILES string of the molecule is Cc1ccc(NCc2cc([C@H](O)CO)cc(OC(C)C)c2OCC(=O)O)c(C(=O)Nc2ccc(/C(N)=N/O)cc2)c1. The number of aliphatic hydroxyl groups is 2. The Bertz CT molecular complexity index is 1410. The summed E-state index contributed by atoms with van der Waals surface area (Å²) in [5, 5.41) is 46.9. The van der Waals surface area contributed by atoms with Crippen molar-refractivity contribution in [2.45, 2.75) is 39.5 Å². The monoisotopic (exact) mass is 566 g/mol. The molecule has 0 spiro atoms. The summed E-state index contributed by atoms with van der Waals surface area (Å²) in [6.07, 6.45) is -1.50. The first-order chi connectivity index (χ1) is 19.5. The van der Waals surface area contributed by atoms with Crippen LogP contribution in [-0.4, -0.2) is 57.6 Å². The molecule has 0 bridgehead atoms. The summed E-state index contributed by atoms with van der Waals surface area (Å²) in [5.74, 6) is -1.27. The van der Waals surface area contributed by atoms with Crippen molar-refractivity contribution in [2.75, 3.05) is 23.8 Å². The standard InChI is InChI=1S/C29H34N4O8/c1-16(2)41-25-12-19(24(35)14-34)11-20(27(25)40-15-26(36)37)13-31-23-9-4-17(3)10-22(23)29(38)32-21-7-5-18(6-8-21)28(30)33-39/h4-12,16,24,31,34-35,39H,13-15H2,1-3H3,(H2,30,33)(H,32,38)(H,36,37)/t24-/m1/s1. The fraction of sp³-hybridized carbons (Fsp3) is 0.276. The summed E-state index contributed by atoms with van der Waals surface area (Å²) in [5.41, 5.74) is 9.02. The molecule has 218 valence electrons. The highest BCUT2D eigenvalue weighted by molar-refractivity contribution is 6.08. The third-order valence-corrected chi connectivity index (χ3v) is 5.85. The average Bonchev–Trinajstić information content (AvgIpc) is 2.94. The van der Waals surface area contributed by atoms with Crippen LogP contribution in [0.15, 0.2) is 59.8 Å². The predicted octanol–water partition coefficient (Wildman–Crippen LogP) is 3.23. The number of oxime groups is 1. The minimum Gasteiger partial charge on any atom is -0.487 e. The molecule has 0 aliphatic rings. The van der Waals surface area contributed by atoms with E-state index in [4.69, 9.17) is 20.4 Å². The van der Waals surface area contributed by atoms with E-state index in [1.165, 1.54) is 6.07 Å². The molecular formula is C29H34N4O8. The van der Waals surface area contributed by atoms with E-state index in [-0.39, 0.29) is 30.0 Å². The zero-order valence-electron chi connectivity index (χ0n) is 22.9. The lowest BCUT2D eigenvalue weighted by Crippen LogP contribution is -2.17. The fourth-order valence-corrected chi connectivity index (χ4v) is 3.92. The van der Waals surface area contributed by atoms with E-state index in [0.717, 1.165) is 5.56 Å². The number of aliphatic hydroxyl groups excluding tert-OH is 2. The van der Waals surface area contributed by atoms with E-state index in [1.807, 2.05) is 13.0 Å². The summed E-state index contributed by atoms with van der Waals surface area (Å²) < 4.78 is 11.4. The number of benzene rings is 3. The van der Waals surface area contributed by atoms with Crippen LogP contribution in [0.1, 0.15) is 52.6 Å². The Labute approximate surface area is 237 Å². The molecule has 41 heavy (non-hydrogen) atoms. The number of ether oxygens (including phenoxy) is 2. The number of amidine groups is 1. The van der Waals surface area contributed by atoms with E-state index >= 15 is 0 Å².